The minimum atomic E-state index is 0.718. The Kier molecular flexibility index (Phi) is 4.24. The maximum atomic E-state index is 5.44. The average Bonchev–Trinajstić information content (AvgIpc) is 3.03. The molecule has 3 rings (SSSR count). The van der Waals surface area contributed by atoms with Gasteiger partial charge in [0.25, 0.3) is 0 Å². The third-order valence-electron chi connectivity index (χ3n) is 3.92. The molecule has 0 aliphatic carbocycles. The quantitative estimate of drug-likeness (QED) is 0.915. The summed E-state index contributed by atoms with van der Waals surface area (Å²) in [6, 6.07) is 0. The van der Waals surface area contributed by atoms with Gasteiger partial charge in [0.2, 0.25) is 0 Å². The monoisotopic (exact) mass is 294 g/mol. The number of aromatic nitrogens is 2. The molecule has 1 N–H and O–H groups in total. The Morgan fingerprint density at radius 1 is 1.50 bits per heavy atom. The number of hydrogen-bond donors (Lipinski definition) is 1. The summed E-state index contributed by atoms with van der Waals surface area (Å²) >= 11 is 1.69. The number of nitrogens with zero attached hydrogens (tertiary/aromatic N) is 3. The first-order valence-electron chi connectivity index (χ1n) is 7.17. The lowest BCUT2D eigenvalue weighted by Crippen LogP contribution is -2.30. The van der Waals surface area contributed by atoms with E-state index in [0.717, 1.165) is 55.8 Å². The van der Waals surface area contributed by atoms with Gasteiger partial charge in [-0.25, -0.2) is 4.98 Å². The largest absolute Gasteiger partial charge is 0.381 e. The van der Waals surface area contributed by atoms with Gasteiger partial charge in [0.05, 0.1) is 5.69 Å². The number of ether oxygens (including phenoxy) is 1. The first-order chi connectivity index (χ1) is 9.79. The van der Waals surface area contributed by atoms with Gasteiger partial charge < -0.3 is 15.0 Å². The number of anilines is 1. The standard InChI is InChI=1S/C14H22N4OS/c1-15-9-12-13(16-14-18(12)5-8-20-14)17(2)10-11-3-6-19-7-4-11/h5,8,11,15H,3-4,6-7,9-10H2,1-2H3. The van der Waals surface area contributed by atoms with E-state index in [0.29, 0.717) is 0 Å². The summed E-state index contributed by atoms with van der Waals surface area (Å²) in [5.41, 5.74) is 1.25. The Hall–Kier alpha value is -1.11. The number of imidazole rings is 1. The molecule has 0 saturated carbocycles. The predicted molar refractivity (Wildman–Crippen MR) is 82.6 cm³/mol. The number of nitrogens with one attached hydrogen (secondary N) is 1. The highest BCUT2D eigenvalue weighted by atomic mass is 32.1. The summed E-state index contributed by atoms with van der Waals surface area (Å²) in [5, 5.41) is 5.34. The number of thiazole rings is 1. The van der Waals surface area contributed by atoms with Crippen LogP contribution in [0.15, 0.2) is 11.6 Å². The second-order valence-corrected chi connectivity index (χ2v) is 6.28. The minimum absolute atomic E-state index is 0.718. The summed E-state index contributed by atoms with van der Waals surface area (Å²) in [4.78, 5) is 8.17. The van der Waals surface area contributed by atoms with Crippen LogP contribution in [-0.2, 0) is 11.3 Å². The summed E-state index contributed by atoms with van der Waals surface area (Å²) in [6.07, 6.45) is 4.42. The molecular weight excluding hydrogens is 272 g/mol. The van der Waals surface area contributed by atoms with Gasteiger partial charge in [-0.15, -0.1) is 11.3 Å². The third-order valence-corrected chi connectivity index (χ3v) is 4.68. The van der Waals surface area contributed by atoms with Crippen molar-refractivity contribution < 1.29 is 4.74 Å². The lowest BCUT2D eigenvalue weighted by molar-refractivity contribution is 0.0685. The highest BCUT2D eigenvalue weighted by Crippen LogP contribution is 2.26. The number of hydrogen-bond acceptors (Lipinski definition) is 5. The van der Waals surface area contributed by atoms with Gasteiger partial charge in [-0.2, -0.15) is 0 Å². The van der Waals surface area contributed by atoms with Gasteiger partial charge >= 0.3 is 0 Å². The average molecular weight is 294 g/mol. The maximum absolute atomic E-state index is 5.44. The summed E-state index contributed by atoms with van der Waals surface area (Å²) in [7, 11) is 4.13. The molecule has 0 bridgehead atoms. The van der Waals surface area contributed by atoms with E-state index in [1.165, 1.54) is 5.69 Å². The molecule has 0 atom stereocenters. The molecular formula is C14H22N4OS. The zero-order valence-corrected chi connectivity index (χ0v) is 12.9. The molecule has 0 aromatic carbocycles. The lowest BCUT2D eigenvalue weighted by atomic mass is 10.00. The zero-order chi connectivity index (χ0) is 13.9. The van der Waals surface area contributed by atoms with Gasteiger partial charge in [0, 0.05) is 44.9 Å². The van der Waals surface area contributed by atoms with Crippen molar-refractivity contribution in [3.63, 3.8) is 0 Å². The molecule has 0 radical (unpaired) electrons. The Bertz CT molecular complexity index is 559. The third kappa shape index (κ3) is 2.68. The topological polar surface area (TPSA) is 41.8 Å². The Balaban J connectivity index is 1.80. The van der Waals surface area contributed by atoms with Gasteiger partial charge in [0.15, 0.2) is 10.8 Å². The van der Waals surface area contributed by atoms with Crippen LogP contribution in [0.4, 0.5) is 5.82 Å². The molecule has 20 heavy (non-hydrogen) atoms. The Labute approximate surface area is 123 Å². The summed E-state index contributed by atoms with van der Waals surface area (Å²) in [5.74, 6) is 1.83. The fourth-order valence-electron chi connectivity index (χ4n) is 2.86. The SMILES string of the molecule is CNCc1c(N(C)CC2CCOCC2)nc2sccn12. The van der Waals surface area contributed by atoms with E-state index in [4.69, 9.17) is 9.72 Å². The van der Waals surface area contributed by atoms with Crippen LogP contribution in [0.25, 0.3) is 4.96 Å². The van der Waals surface area contributed by atoms with Crippen molar-refractivity contribution in [3.05, 3.63) is 17.3 Å². The van der Waals surface area contributed by atoms with Crippen molar-refractivity contribution in [1.82, 2.24) is 14.7 Å². The van der Waals surface area contributed by atoms with E-state index in [9.17, 15) is 0 Å². The minimum Gasteiger partial charge on any atom is -0.381 e. The number of rotatable bonds is 5. The van der Waals surface area contributed by atoms with Gasteiger partial charge in [-0.05, 0) is 25.8 Å². The van der Waals surface area contributed by atoms with Crippen molar-refractivity contribution in [3.8, 4) is 0 Å². The molecule has 1 aliphatic rings. The van der Waals surface area contributed by atoms with Crippen LogP contribution in [-0.4, -0.2) is 43.2 Å². The molecule has 3 heterocycles. The van der Waals surface area contributed by atoms with Crippen molar-refractivity contribution in [2.24, 2.45) is 5.92 Å². The van der Waals surface area contributed by atoms with Crippen molar-refractivity contribution in [1.29, 1.82) is 0 Å². The zero-order valence-electron chi connectivity index (χ0n) is 12.1. The van der Waals surface area contributed by atoms with Gasteiger partial charge in [-0.1, -0.05) is 0 Å². The first kappa shape index (κ1) is 13.9. The second kappa shape index (κ2) is 6.11. The van der Waals surface area contributed by atoms with Crippen LogP contribution in [0.1, 0.15) is 18.5 Å². The predicted octanol–water partition coefficient (Wildman–Crippen LogP) is 1.98. The van der Waals surface area contributed by atoms with E-state index < -0.39 is 0 Å². The van der Waals surface area contributed by atoms with Crippen molar-refractivity contribution in [2.75, 3.05) is 38.8 Å². The molecule has 2 aromatic rings. The van der Waals surface area contributed by atoms with Crippen LogP contribution in [0.5, 0.6) is 0 Å². The molecule has 2 aromatic heterocycles. The molecule has 0 amide bonds. The normalized spacial score (nSPS) is 16.9. The smallest absolute Gasteiger partial charge is 0.195 e. The van der Waals surface area contributed by atoms with Crippen LogP contribution in [0.3, 0.4) is 0 Å². The lowest BCUT2D eigenvalue weighted by Gasteiger charge is -2.27. The van der Waals surface area contributed by atoms with E-state index in [1.807, 2.05) is 7.05 Å². The fraction of sp³-hybridized carbons (Fsp3) is 0.643. The van der Waals surface area contributed by atoms with E-state index >= 15 is 0 Å². The fourth-order valence-corrected chi connectivity index (χ4v) is 3.59. The van der Waals surface area contributed by atoms with E-state index in [1.54, 1.807) is 11.3 Å². The van der Waals surface area contributed by atoms with E-state index in [-0.39, 0.29) is 0 Å². The highest BCUT2D eigenvalue weighted by Gasteiger charge is 2.20. The second-order valence-electron chi connectivity index (χ2n) is 5.40. The highest BCUT2D eigenvalue weighted by molar-refractivity contribution is 7.15. The molecule has 1 aliphatic heterocycles. The summed E-state index contributed by atoms with van der Waals surface area (Å²) < 4.78 is 7.63. The molecule has 1 fully saturated rings. The molecule has 0 unspecified atom stereocenters. The van der Waals surface area contributed by atoms with Crippen LogP contribution < -0.4 is 10.2 Å². The van der Waals surface area contributed by atoms with Crippen LogP contribution in [0, 0.1) is 5.92 Å². The first-order valence-corrected chi connectivity index (χ1v) is 8.05. The number of fused-ring (bicyclic) bond motifs is 1. The van der Waals surface area contributed by atoms with Crippen LogP contribution in [0.2, 0.25) is 0 Å². The molecule has 6 heteroatoms. The Morgan fingerprint density at radius 3 is 3.05 bits per heavy atom. The molecule has 0 spiro atoms. The summed E-state index contributed by atoms with van der Waals surface area (Å²) in [6.45, 7) is 3.70. The van der Waals surface area contributed by atoms with E-state index in [2.05, 4.69) is 33.2 Å². The van der Waals surface area contributed by atoms with Crippen molar-refractivity contribution in [2.45, 2.75) is 19.4 Å². The Morgan fingerprint density at radius 2 is 2.30 bits per heavy atom. The van der Waals surface area contributed by atoms with Gasteiger partial charge in [-0.3, -0.25) is 4.40 Å². The van der Waals surface area contributed by atoms with Crippen molar-refractivity contribution >= 4 is 22.1 Å². The maximum Gasteiger partial charge on any atom is 0.195 e. The van der Waals surface area contributed by atoms with Gasteiger partial charge in [0.1, 0.15) is 0 Å². The molecule has 5 nitrogen and oxygen atoms in total. The molecule has 110 valence electrons. The van der Waals surface area contributed by atoms with Crippen LogP contribution >= 0.6 is 11.3 Å². The molecule has 1 saturated heterocycles.